The molecule has 0 saturated carbocycles. The lowest BCUT2D eigenvalue weighted by Crippen LogP contribution is -2.15. The van der Waals surface area contributed by atoms with E-state index in [4.69, 9.17) is 5.11 Å². The Morgan fingerprint density at radius 2 is 1.86 bits per heavy atom. The maximum absolute atomic E-state index is 12.2. The third kappa shape index (κ3) is 4.05. The van der Waals surface area contributed by atoms with Gasteiger partial charge in [-0.1, -0.05) is 40.2 Å². The van der Waals surface area contributed by atoms with Crippen molar-refractivity contribution in [2.45, 2.75) is 6.92 Å². The molecule has 0 radical (unpaired) electrons. The van der Waals surface area contributed by atoms with Crippen molar-refractivity contribution in [2.75, 3.05) is 5.32 Å². The Labute approximate surface area is 136 Å². The van der Waals surface area contributed by atoms with E-state index in [1.165, 1.54) is 6.07 Å². The smallest absolute Gasteiger partial charge is 0.337 e. The van der Waals surface area contributed by atoms with E-state index in [2.05, 4.69) is 21.2 Å². The molecule has 0 bridgehead atoms. The molecule has 0 atom stereocenters. The van der Waals surface area contributed by atoms with E-state index >= 15 is 0 Å². The zero-order valence-electron chi connectivity index (χ0n) is 11.8. The maximum Gasteiger partial charge on any atom is 0.337 e. The summed E-state index contributed by atoms with van der Waals surface area (Å²) in [6.07, 6.45) is 1.74. The van der Waals surface area contributed by atoms with E-state index in [1.54, 1.807) is 31.2 Å². The minimum Gasteiger partial charge on any atom is -0.478 e. The minimum absolute atomic E-state index is 0.0612. The normalized spacial score (nSPS) is 11.1. The third-order valence-electron chi connectivity index (χ3n) is 3.00. The first-order valence-electron chi connectivity index (χ1n) is 6.55. The van der Waals surface area contributed by atoms with E-state index < -0.39 is 5.97 Å². The summed E-state index contributed by atoms with van der Waals surface area (Å²) >= 11 is 3.37. The molecule has 2 N–H and O–H groups in total. The number of aromatic carboxylic acids is 1. The Kier molecular flexibility index (Phi) is 5.12. The number of hydrogen-bond donors (Lipinski definition) is 2. The Hall–Kier alpha value is -2.40. The molecule has 0 aliphatic heterocycles. The van der Waals surface area contributed by atoms with E-state index in [-0.39, 0.29) is 17.2 Å². The van der Waals surface area contributed by atoms with E-state index in [0.717, 1.165) is 10.0 Å². The van der Waals surface area contributed by atoms with Crippen LogP contribution in [-0.4, -0.2) is 17.0 Å². The number of carbonyl (C=O) groups excluding carboxylic acids is 1. The van der Waals surface area contributed by atoms with Crippen molar-refractivity contribution in [3.8, 4) is 0 Å². The van der Waals surface area contributed by atoms with Crippen LogP contribution in [0.5, 0.6) is 0 Å². The molecule has 0 fully saturated rings. The Bertz CT molecular complexity index is 753. The molecule has 0 heterocycles. The summed E-state index contributed by atoms with van der Waals surface area (Å²) in [5.74, 6) is -1.42. The first-order valence-corrected chi connectivity index (χ1v) is 7.34. The average Bonchev–Trinajstić information content (AvgIpc) is 2.47. The second-order valence-corrected chi connectivity index (χ2v) is 5.60. The van der Waals surface area contributed by atoms with Gasteiger partial charge in [0.25, 0.3) is 5.91 Å². The first-order chi connectivity index (χ1) is 10.5. The monoisotopic (exact) mass is 359 g/mol. The van der Waals surface area contributed by atoms with Crippen LogP contribution in [0.4, 0.5) is 5.69 Å². The fourth-order valence-corrected chi connectivity index (χ4v) is 2.33. The lowest BCUT2D eigenvalue weighted by Gasteiger charge is -2.08. The number of halogens is 1. The van der Waals surface area contributed by atoms with Gasteiger partial charge in [-0.05, 0) is 42.8 Å². The number of nitrogens with one attached hydrogen (secondary N) is 1. The lowest BCUT2D eigenvalue weighted by atomic mass is 10.1. The van der Waals surface area contributed by atoms with Gasteiger partial charge in [0.2, 0.25) is 0 Å². The van der Waals surface area contributed by atoms with Crippen molar-refractivity contribution in [1.82, 2.24) is 0 Å². The number of hydrogen-bond acceptors (Lipinski definition) is 2. The second kappa shape index (κ2) is 7.04. The van der Waals surface area contributed by atoms with Crippen molar-refractivity contribution < 1.29 is 14.7 Å². The fourth-order valence-electron chi connectivity index (χ4n) is 1.91. The van der Waals surface area contributed by atoms with Crippen LogP contribution in [0.1, 0.15) is 22.8 Å². The van der Waals surface area contributed by atoms with Crippen LogP contribution in [0.25, 0.3) is 6.08 Å². The van der Waals surface area contributed by atoms with Crippen molar-refractivity contribution in [3.63, 3.8) is 0 Å². The number of carbonyl (C=O) groups is 2. The maximum atomic E-state index is 12.2. The van der Waals surface area contributed by atoms with Gasteiger partial charge in [-0.15, -0.1) is 0 Å². The molecule has 2 aromatic rings. The summed E-state index contributed by atoms with van der Waals surface area (Å²) in [6, 6.07) is 13.9. The minimum atomic E-state index is -1.08. The van der Waals surface area contributed by atoms with Gasteiger partial charge in [0.15, 0.2) is 0 Å². The van der Waals surface area contributed by atoms with Crippen molar-refractivity contribution in [1.29, 1.82) is 0 Å². The molecule has 0 aliphatic rings. The molecule has 4 nitrogen and oxygen atoms in total. The predicted octanol–water partition coefficient (Wildman–Crippen LogP) is 4.19. The SMILES string of the molecule is CC(=Cc1cccc(Br)c1)C(=O)Nc1ccccc1C(=O)O. The van der Waals surface area contributed by atoms with Gasteiger partial charge in [0, 0.05) is 10.0 Å². The van der Waals surface area contributed by atoms with Crippen molar-refractivity contribution >= 4 is 39.6 Å². The first kappa shape index (κ1) is 16.0. The number of carboxylic acids is 1. The topological polar surface area (TPSA) is 66.4 Å². The predicted molar refractivity (Wildman–Crippen MR) is 89.8 cm³/mol. The Balaban J connectivity index is 2.20. The van der Waals surface area contributed by atoms with Gasteiger partial charge in [-0.3, -0.25) is 4.79 Å². The molecular formula is C17H14BrNO3. The molecule has 0 spiro atoms. The van der Waals surface area contributed by atoms with Gasteiger partial charge >= 0.3 is 5.97 Å². The summed E-state index contributed by atoms with van der Waals surface area (Å²) in [6.45, 7) is 1.68. The fraction of sp³-hybridized carbons (Fsp3) is 0.0588. The summed E-state index contributed by atoms with van der Waals surface area (Å²) in [7, 11) is 0. The molecule has 2 rings (SSSR count). The van der Waals surface area contributed by atoms with Gasteiger partial charge in [0.1, 0.15) is 0 Å². The molecule has 22 heavy (non-hydrogen) atoms. The molecule has 0 aromatic heterocycles. The molecule has 5 heteroatoms. The van der Waals surface area contributed by atoms with Gasteiger partial charge < -0.3 is 10.4 Å². The Morgan fingerprint density at radius 1 is 1.14 bits per heavy atom. The summed E-state index contributed by atoms with van der Waals surface area (Å²) in [5, 5.41) is 11.7. The zero-order valence-corrected chi connectivity index (χ0v) is 13.4. The number of anilines is 1. The van der Waals surface area contributed by atoms with Crippen LogP contribution in [-0.2, 0) is 4.79 Å². The number of rotatable bonds is 4. The van der Waals surface area contributed by atoms with Crippen LogP contribution in [0.3, 0.4) is 0 Å². The largest absolute Gasteiger partial charge is 0.478 e. The second-order valence-electron chi connectivity index (χ2n) is 4.69. The zero-order chi connectivity index (χ0) is 16.1. The average molecular weight is 360 g/mol. The highest BCUT2D eigenvalue weighted by molar-refractivity contribution is 9.10. The van der Waals surface area contributed by atoms with Crippen LogP contribution < -0.4 is 5.32 Å². The summed E-state index contributed by atoms with van der Waals surface area (Å²) in [5.41, 5.74) is 1.71. The standard InChI is InChI=1S/C17H14BrNO3/c1-11(9-12-5-4-6-13(18)10-12)16(20)19-15-8-3-2-7-14(15)17(21)22/h2-10H,1H3,(H,19,20)(H,21,22). The quantitative estimate of drug-likeness (QED) is 0.804. The van der Waals surface area contributed by atoms with Crippen molar-refractivity contribution in [2.24, 2.45) is 0 Å². The van der Waals surface area contributed by atoms with E-state index in [9.17, 15) is 9.59 Å². The highest BCUT2D eigenvalue weighted by atomic mass is 79.9. The van der Waals surface area contributed by atoms with Crippen LogP contribution in [0, 0.1) is 0 Å². The molecular weight excluding hydrogens is 346 g/mol. The van der Waals surface area contributed by atoms with E-state index in [1.807, 2.05) is 24.3 Å². The third-order valence-corrected chi connectivity index (χ3v) is 3.49. The Morgan fingerprint density at radius 3 is 2.55 bits per heavy atom. The number of benzene rings is 2. The lowest BCUT2D eigenvalue weighted by molar-refractivity contribution is -0.112. The number of carboxylic acid groups (broad SMARTS) is 1. The van der Waals surface area contributed by atoms with Crippen molar-refractivity contribution in [3.05, 3.63) is 69.7 Å². The van der Waals surface area contributed by atoms with Crippen LogP contribution in [0.15, 0.2) is 58.6 Å². The molecule has 0 saturated heterocycles. The van der Waals surface area contributed by atoms with Gasteiger partial charge in [0.05, 0.1) is 11.3 Å². The van der Waals surface area contributed by atoms with E-state index in [0.29, 0.717) is 5.57 Å². The molecule has 0 unspecified atom stereocenters. The van der Waals surface area contributed by atoms with Crippen LogP contribution in [0.2, 0.25) is 0 Å². The molecule has 1 amide bonds. The highest BCUT2D eigenvalue weighted by Gasteiger charge is 2.12. The van der Waals surface area contributed by atoms with Gasteiger partial charge in [-0.25, -0.2) is 4.79 Å². The summed E-state index contributed by atoms with van der Waals surface area (Å²) < 4.78 is 0.922. The number of para-hydroxylation sites is 1. The van der Waals surface area contributed by atoms with Gasteiger partial charge in [-0.2, -0.15) is 0 Å². The molecule has 2 aromatic carbocycles. The molecule has 0 aliphatic carbocycles. The van der Waals surface area contributed by atoms with Crippen LogP contribution >= 0.6 is 15.9 Å². The summed E-state index contributed by atoms with van der Waals surface area (Å²) in [4.78, 5) is 23.3. The highest BCUT2D eigenvalue weighted by Crippen LogP contribution is 2.18. The molecule has 112 valence electrons. The number of amides is 1.